The summed E-state index contributed by atoms with van der Waals surface area (Å²) in [5, 5.41) is 7.16. The van der Waals surface area contributed by atoms with E-state index in [9.17, 15) is 9.59 Å². The number of carbonyl (C=O) groups is 2. The largest absolute Gasteiger partial charge is 0.340 e. The van der Waals surface area contributed by atoms with Crippen LogP contribution >= 0.6 is 0 Å². The molecule has 2 rings (SSSR count). The van der Waals surface area contributed by atoms with E-state index in [0.717, 1.165) is 17.9 Å². The lowest BCUT2D eigenvalue weighted by molar-refractivity contribution is -0.150. The highest BCUT2D eigenvalue weighted by atomic mass is 16.2. The van der Waals surface area contributed by atoms with E-state index in [0.29, 0.717) is 13.0 Å². The molecule has 6 heteroatoms. The zero-order valence-electron chi connectivity index (χ0n) is 12.6. The normalized spacial score (nSPS) is 23.1. The summed E-state index contributed by atoms with van der Waals surface area (Å²) >= 11 is 0. The molecule has 1 saturated heterocycles. The van der Waals surface area contributed by atoms with Gasteiger partial charge in [0.05, 0.1) is 17.9 Å². The molecule has 1 unspecified atom stereocenters. The summed E-state index contributed by atoms with van der Waals surface area (Å²) in [6.07, 6.45) is 0.583. The highest BCUT2D eigenvalue weighted by Crippen LogP contribution is 2.20. The minimum absolute atomic E-state index is 0.0268. The van der Waals surface area contributed by atoms with E-state index in [1.807, 2.05) is 31.5 Å². The highest BCUT2D eigenvalue weighted by Gasteiger charge is 2.41. The SMILES string of the molecule is CCn1nc(C)cc1CN1CC(=O)NC(C)(CC)C1=O. The number of aromatic nitrogens is 2. The Bertz CT molecular complexity index is 537. The van der Waals surface area contributed by atoms with Crippen LogP contribution in [-0.2, 0) is 22.7 Å². The number of carbonyl (C=O) groups excluding carboxylic acids is 2. The van der Waals surface area contributed by atoms with Gasteiger partial charge in [0, 0.05) is 6.54 Å². The lowest BCUT2D eigenvalue weighted by atomic mass is 9.94. The van der Waals surface area contributed by atoms with Gasteiger partial charge in [-0.25, -0.2) is 0 Å². The molecule has 1 aliphatic rings. The quantitative estimate of drug-likeness (QED) is 0.887. The van der Waals surface area contributed by atoms with Crippen LogP contribution in [0, 0.1) is 6.92 Å². The summed E-state index contributed by atoms with van der Waals surface area (Å²) in [6, 6.07) is 1.96. The van der Waals surface area contributed by atoms with Gasteiger partial charge >= 0.3 is 0 Å². The average Bonchev–Trinajstić information content (AvgIpc) is 2.75. The molecule has 6 nitrogen and oxygen atoms in total. The first-order valence-corrected chi connectivity index (χ1v) is 7.03. The van der Waals surface area contributed by atoms with Crippen LogP contribution in [0.2, 0.25) is 0 Å². The molecule has 0 radical (unpaired) electrons. The van der Waals surface area contributed by atoms with Gasteiger partial charge in [-0.2, -0.15) is 5.10 Å². The van der Waals surface area contributed by atoms with Crippen LogP contribution in [0.1, 0.15) is 38.6 Å². The number of nitrogens with one attached hydrogen (secondary N) is 1. The molecule has 20 heavy (non-hydrogen) atoms. The number of aryl methyl sites for hydroxylation is 2. The van der Waals surface area contributed by atoms with Gasteiger partial charge in [-0.15, -0.1) is 0 Å². The van der Waals surface area contributed by atoms with Gasteiger partial charge in [-0.05, 0) is 33.3 Å². The smallest absolute Gasteiger partial charge is 0.248 e. The second kappa shape index (κ2) is 5.26. The maximum absolute atomic E-state index is 12.5. The summed E-state index contributed by atoms with van der Waals surface area (Å²) < 4.78 is 1.87. The number of piperazine rings is 1. The predicted octanol–water partition coefficient (Wildman–Crippen LogP) is 0.839. The molecule has 110 valence electrons. The fourth-order valence-corrected chi connectivity index (χ4v) is 2.56. The standard InChI is InChI=1S/C14H22N4O2/c1-5-14(4)13(20)17(9-12(19)15-14)8-11-7-10(3)16-18(11)6-2/h7H,5-6,8-9H2,1-4H3,(H,15,19). The Morgan fingerprint density at radius 1 is 1.40 bits per heavy atom. The van der Waals surface area contributed by atoms with Crippen LogP contribution in [0.5, 0.6) is 0 Å². The molecule has 0 bridgehead atoms. The molecule has 0 saturated carbocycles. The van der Waals surface area contributed by atoms with Gasteiger partial charge in [0.25, 0.3) is 0 Å². The van der Waals surface area contributed by atoms with Gasteiger partial charge < -0.3 is 10.2 Å². The minimum atomic E-state index is -0.790. The van der Waals surface area contributed by atoms with Crippen molar-refractivity contribution in [3.05, 3.63) is 17.5 Å². The van der Waals surface area contributed by atoms with Crippen molar-refractivity contribution in [2.24, 2.45) is 0 Å². The summed E-state index contributed by atoms with van der Waals surface area (Å²) in [5.74, 6) is -0.130. The number of amides is 2. The Hall–Kier alpha value is -1.85. The highest BCUT2D eigenvalue weighted by molar-refractivity contribution is 5.97. The second-order valence-electron chi connectivity index (χ2n) is 5.49. The molecule has 1 aromatic rings. The van der Waals surface area contributed by atoms with Crippen LogP contribution in [0.4, 0.5) is 0 Å². The van der Waals surface area contributed by atoms with E-state index in [4.69, 9.17) is 0 Å². The van der Waals surface area contributed by atoms with E-state index in [2.05, 4.69) is 10.4 Å². The van der Waals surface area contributed by atoms with Gasteiger partial charge in [-0.3, -0.25) is 14.3 Å². The summed E-state index contributed by atoms with van der Waals surface area (Å²) in [4.78, 5) is 25.9. The third-order valence-corrected chi connectivity index (χ3v) is 3.85. The van der Waals surface area contributed by atoms with Crippen molar-refractivity contribution in [2.75, 3.05) is 6.54 Å². The fraction of sp³-hybridized carbons (Fsp3) is 0.643. The first-order valence-electron chi connectivity index (χ1n) is 7.03. The van der Waals surface area contributed by atoms with E-state index in [1.54, 1.807) is 11.8 Å². The molecular formula is C14H22N4O2. The third kappa shape index (κ3) is 2.55. The number of hydrogen-bond acceptors (Lipinski definition) is 3. The van der Waals surface area contributed by atoms with Crippen LogP contribution in [0.3, 0.4) is 0 Å². The maximum Gasteiger partial charge on any atom is 0.248 e. The first-order chi connectivity index (χ1) is 9.39. The molecule has 0 aromatic carbocycles. The Labute approximate surface area is 119 Å². The second-order valence-corrected chi connectivity index (χ2v) is 5.49. The Balaban J connectivity index is 2.23. The predicted molar refractivity (Wildman–Crippen MR) is 74.9 cm³/mol. The first kappa shape index (κ1) is 14.6. The van der Waals surface area contributed by atoms with Crippen molar-refractivity contribution < 1.29 is 9.59 Å². The lowest BCUT2D eigenvalue weighted by Gasteiger charge is -2.39. The Kier molecular flexibility index (Phi) is 3.83. The van der Waals surface area contributed by atoms with E-state index in [1.165, 1.54) is 0 Å². The molecule has 1 fully saturated rings. The molecule has 2 amide bonds. The van der Waals surface area contributed by atoms with Crippen molar-refractivity contribution in [1.29, 1.82) is 0 Å². The zero-order valence-corrected chi connectivity index (χ0v) is 12.6. The van der Waals surface area contributed by atoms with Crippen molar-refractivity contribution in [3.8, 4) is 0 Å². The van der Waals surface area contributed by atoms with Crippen LogP contribution in [-0.4, -0.2) is 38.6 Å². The van der Waals surface area contributed by atoms with E-state index >= 15 is 0 Å². The van der Waals surface area contributed by atoms with Crippen molar-refractivity contribution in [1.82, 2.24) is 20.0 Å². The van der Waals surface area contributed by atoms with E-state index in [-0.39, 0.29) is 18.4 Å². The monoisotopic (exact) mass is 278 g/mol. The molecule has 1 N–H and O–H groups in total. The van der Waals surface area contributed by atoms with Gasteiger partial charge in [0.15, 0.2) is 0 Å². The van der Waals surface area contributed by atoms with Gasteiger partial charge in [-0.1, -0.05) is 6.92 Å². The third-order valence-electron chi connectivity index (χ3n) is 3.85. The van der Waals surface area contributed by atoms with Crippen molar-refractivity contribution >= 4 is 11.8 Å². The Morgan fingerprint density at radius 3 is 2.70 bits per heavy atom. The molecule has 1 aromatic heterocycles. The summed E-state index contributed by atoms with van der Waals surface area (Å²) in [6.45, 7) is 8.92. The summed E-state index contributed by atoms with van der Waals surface area (Å²) in [5.41, 5.74) is 1.10. The molecule has 0 aliphatic carbocycles. The number of rotatable bonds is 4. The van der Waals surface area contributed by atoms with Gasteiger partial charge in [0.2, 0.25) is 11.8 Å². The van der Waals surface area contributed by atoms with Crippen molar-refractivity contribution in [2.45, 2.75) is 52.7 Å². The lowest BCUT2D eigenvalue weighted by Crippen LogP contribution is -2.64. The van der Waals surface area contributed by atoms with E-state index < -0.39 is 5.54 Å². The molecule has 0 spiro atoms. The van der Waals surface area contributed by atoms with Crippen LogP contribution < -0.4 is 5.32 Å². The molecule has 2 heterocycles. The molecule has 1 aliphatic heterocycles. The zero-order chi connectivity index (χ0) is 14.9. The molecular weight excluding hydrogens is 256 g/mol. The number of nitrogens with zero attached hydrogens (tertiary/aromatic N) is 3. The molecule has 1 atom stereocenters. The fourth-order valence-electron chi connectivity index (χ4n) is 2.56. The van der Waals surface area contributed by atoms with Gasteiger partial charge in [0.1, 0.15) is 12.1 Å². The number of hydrogen-bond donors (Lipinski definition) is 1. The summed E-state index contributed by atoms with van der Waals surface area (Å²) in [7, 11) is 0. The topological polar surface area (TPSA) is 67.2 Å². The van der Waals surface area contributed by atoms with Crippen LogP contribution in [0.25, 0.3) is 0 Å². The minimum Gasteiger partial charge on any atom is -0.340 e. The maximum atomic E-state index is 12.5. The Morgan fingerprint density at radius 2 is 2.10 bits per heavy atom. The van der Waals surface area contributed by atoms with Crippen LogP contribution in [0.15, 0.2) is 6.07 Å². The average molecular weight is 278 g/mol. The van der Waals surface area contributed by atoms with Crippen molar-refractivity contribution in [3.63, 3.8) is 0 Å².